The molecule has 0 spiro atoms. The van der Waals surface area contributed by atoms with E-state index in [-0.39, 0.29) is 37.3 Å². The van der Waals surface area contributed by atoms with Gasteiger partial charge in [0, 0.05) is 38.0 Å². The minimum absolute atomic E-state index is 0. The highest BCUT2D eigenvalue weighted by molar-refractivity contribution is 5.85. The number of halogens is 2. The van der Waals surface area contributed by atoms with Gasteiger partial charge in [-0.05, 0) is 36.5 Å². The number of carbonyl (C=O) groups is 1. The quantitative estimate of drug-likeness (QED) is 0.857. The molecule has 1 unspecified atom stereocenters. The lowest BCUT2D eigenvalue weighted by molar-refractivity contribution is -0.134. The van der Waals surface area contributed by atoms with E-state index < -0.39 is 6.04 Å². The van der Waals surface area contributed by atoms with Gasteiger partial charge in [-0.25, -0.2) is 4.98 Å². The molecule has 1 aliphatic rings. The van der Waals surface area contributed by atoms with Crippen LogP contribution in [0.15, 0.2) is 24.5 Å². The number of aromatic nitrogens is 2. The maximum atomic E-state index is 12.2. The molecular weight excluding hydrogens is 351 g/mol. The van der Waals surface area contributed by atoms with Gasteiger partial charge in [-0.15, -0.1) is 24.8 Å². The molecule has 2 aromatic rings. The van der Waals surface area contributed by atoms with Crippen molar-refractivity contribution in [3.8, 4) is 0 Å². The number of hydrogen-bond acceptors (Lipinski definition) is 4. The lowest BCUT2D eigenvalue weighted by Crippen LogP contribution is -2.48. The molecule has 6 nitrogen and oxygen atoms in total. The summed E-state index contributed by atoms with van der Waals surface area (Å²) < 4.78 is 4.96. The number of fused-ring (bicyclic) bond motifs is 1. The van der Waals surface area contributed by atoms with Gasteiger partial charge in [0.25, 0.3) is 0 Å². The molecule has 1 fully saturated rings. The smallest absolute Gasteiger partial charge is 0.241 e. The largest absolute Gasteiger partial charge is 0.383 e. The molecule has 24 heavy (non-hydrogen) atoms. The van der Waals surface area contributed by atoms with E-state index in [9.17, 15) is 4.79 Å². The van der Waals surface area contributed by atoms with Gasteiger partial charge in [0.15, 0.2) is 0 Å². The number of nitrogens with two attached hydrogens (primary N) is 1. The van der Waals surface area contributed by atoms with Crippen LogP contribution in [0.25, 0.3) is 11.0 Å². The summed E-state index contributed by atoms with van der Waals surface area (Å²) in [6, 6.07) is 3.50. The van der Waals surface area contributed by atoms with Crippen LogP contribution in [0, 0.1) is 0 Å². The van der Waals surface area contributed by atoms with Gasteiger partial charge < -0.3 is 20.4 Å². The second-order valence-electron chi connectivity index (χ2n) is 5.80. The van der Waals surface area contributed by atoms with Crippen LogP contribution in [0.2, 0.25) is 0 Å². The number of methoxy groups -OCH3 is 1. The van der Waals surface area contributed by atoms with Crippen LogP contribution in [0.4, 0.5) is 0 Å². The van der Waals surface area contributed by atoms with Crippen molar-refractivity contribution in [3.05, 3.63) is 30.1 Å². The van der Waals surface area contributed by atoms with E-state index >= 15 is 0 Å². The summed E-state index contributed by atoms with van der Waals surface area (Å²) in [6.45, 7) is 1.76. The molecule has 0 bridgehead atoms. The Kier molecular flexibility index (Phi) is 7.96. The fraction of sp³-hybridized carbons (Fsp3) is 0.500. The van der Waals surface area contributed by atoms with Crippen molar-refractivity contribution in [2.45, 2.75) is 24.8 Å². The zero-order chi connectivity index (χ0) is 15.5. The van der Waals surface area contributed by atoms with Gasteiger partial charge in [-0.1, -0.05) is 0 Å². The van der Waals surface area contributed by atoms with Crippen molar-refractivity contribution >= 4 is 41.8 Å². The van der Waals surface area contributed by atoms with Crippen molar-refractivity contribution in [2.24, 2.45) is 5.73 Å². The van der Waals surface area contributed by atoms with E-state index in [0.29, 0.717) is 5.92 Å². The van der Waals surface area contributed by atoms with E-state index in [0.717, 1.165) is 31.6 Å². The normalized spacial score (nSPS) is 16.3. The van der Waals surface area contributed by atoms with Gasteiger partial charge in [0.1, 0.15) is 11.7 Å². The molecule has 0 aromatic carbocycles. The van der Waals surface area contributed by atoms with Crippen molar-refractivity contribution in [2.75, 3.05) is 26.8 Å². The van der Waals surface area contributed by atoms with E-state index in [1.54, 1.807) is 13.3 Å². The van der Waals surface area contributed by atoms with E-state index in [4.69, 9.17) is 10.5 Å². The molecule has 0 aliphatic carbocycles. The molecule has 3 heterocycles. The van der Waals surface area contributed by atoms with Crippen LogP contribution in [0.3, 0.4) is 0 Å². The predicted octanol–water partition coefficient (Wildman–Crippen LogP) is 2.09. The Morgan fingerprint density at radius 2 is 2.17 bits per heavy atom. The van der Waals surface area contributed by atoms with Crippen LogP contribution in [0.5, 0.6) is 0 Å². The standard InChI is InChI=1S/C16H22N4O2.2ClH/c1-22-10-14(17)16(21)20-7-4-11(5-8-20)13-9-19-15-12(13)3-2-6-18-15;;/h2-3,6,9,11,14H,4-5,7-8,10,17H2,1H3,(H,18,19);2*1H. The Balaban J connectivity index is 0.00000144. The third-order valence-electron chi connectivity index (χ3n) is 4.39. The molecule has 3 N–H and O–H groups in total. The minimum atomic E-state index is -0.557. The van der Waals surface area contributed by atoms with Crippen LogP contribution in [-0.2, 0) is 9.53 Å². The predicted molar refractivity (Wildman–Crippen MR) is 99.0 cm³/mol. The number of hydrogen-bond donors (Lipinski definition) is 2. The minimum Gasteiger partial charge on any atom is -0.383 e. The molecule has 134 valence electrons. The summed E-state index contributed by atoms with van der Waals surface area (Å²) in [5, 5.41) is 1.18. The summed E-state index contributed by atoms with van der Waals surface area (Å²) in [7, 11) is 1.56. The first-order chi connectivity index (χ1) is 10.7. The van der Waals surface area contributed by atoms with Gasteiger partial charge in [0.05, 0.1) is 6.61 Å². The number of H-pyrrole nitrogens is 1. The molecular formula is C16H24Cl2N4O2. The maximum absolute atomic E-state index is 12.2. The number of carbonyl (C=O) groups excluding carboxylic acids is 1. The molecule has 3 rings (SSSR count). The van der Waals surface area contributed by atoms with Crippen LogP contribution >= 0.6 is 24.8 Å². The number of rotatable bonds is 4. The Morgan fingerprint density at radius 3 is 2.83 bits per heavy atom. The first-order valence-electron chi connectivity index (χ1n) is 7.66. The summed E-state index contributed by atoms with van der Waals surface area (Å²) in [6.07, 6.45) is 5.75. The average molecular weight is 375 g/mol. The summed E-state index contributed by atoms with van der Waals surface area (Å²) in [5.74, 6) is 0.446. The summed E-state index contributed by atoms with van der Waals surface area (Å²) in [4.78, 5) is 21.6. The molecule has 0 saturated carbocycles. The third-order valence-corrected chi connectivity index (χ3v) is 4.39. The number of amides is 1. The number of likely N-dealkylation sites (tertiary alicyclic amines) is 1. The van der Waals surface area contributed by atoms with Crippen molar-refractivity contribution in [1.82, 2.24) is 14.9 Å². The molecule has 0 radical (unpaired) electrons. The zero-order valence-electron chi connectivity index (χ0n) is 13.6. The number of aromatic amines is 1. The molecule has 1 atom stereocenters. The molecule has 2 aromatic heterocycles. The highest BCUT2D eigenvalue weighted by Gasteiger charge is 2.28. The molecule has 1 aliphatic heterocycles. The SMILES string of the molecule is COCC(N)C(=O)N1CCC(c2c[nH]c3ncccc23)CC1.Cl.Cl. The summed E-state index contributed by atoms with van der Waals surface area (Å²) in [5.41, 5.74) is 8.06. The second-order valence-corrected chi connectivity index (χ2v) is 5.80. The van der Waals surface area contributed by atoms with Crippen molar-refractivity contribution < 1.29 is 9.53 Å². The number of pyridine rings is 1. The first kappa shape index (κ1) is 20.7. The summed E-state index contributed by atoms with van der Waals surface area (Å²) >= 11 is 0. The van der Waals surface area contributed by atoms with E-state index in [2.05, 4.69) is 22.2 Å². The topological polar surface area (TPSA) is 84.2 Å². The van der Waals surface area contributed by atoms with E-state index in [1.807, 2.05) is 11.0 Å². The van der Waals surface area contributed by atoms with Crippen LogP contribution in [-0.4, -0.2) is 53.6 Å². The lowest BCUT2D eigenvalue weighted by atomic mass is 9.89. The monoisotopic (exact) mass is 374 g/mol. The molecule has 8 heteroatoms. The maximum Gasteiger partial charge on any atom is 0.241 e. The van der Waals surface area contributed by atoms with Gasteiger partial charge in [-0.3, -0.25) is 4.79 Å². The lowest BCUT2D eigenvalue weighted by Gasteiger charge is -2.33. The number of ether oxygens (including phenoxy) is 1. The molecule has 1 saturated heterocycles. The fourth-order valence-corrected chi connectivity index (χ4v) is 3.21. The fourth-order valence-electron chi connectivity index (χ4n) is 3.21. The number of nitrogens with zero attached hydrogens (tertiary/aromatic N) is 2. The zero-order valence-corrected chi connectivity index (χ0v) is 15.2. The third kappa shape index (κ3) is 4.19. The van der Waals surface area contributed by atoms with Gasteiger partial charge in [0.2, 0.25) is 5.91 Å². The Morgan fingerprint density at radius 1 is 1.46 bits per heavy atom. The molecule has 1 amide bonds. The second kappa shape index (κ2) is 9.22. The van der Waals surface area contributed by atoms with Crippen molar-refractivity contribution in [1.29, 1.82) is 0 Å². The Hall–Kier alpha value is -1.34. The Bertz CT molecular complexity index is 656. The average Bonchev–Trinajstić information content (AvgIpc) is 2.98. The Labute approximate surface area is 154 Å². The van der Waals surface area contributed by atoms with Gasteiger partial charge >= 0.3 is 0 Å². The number of piperidine rings is 1. The van der Waals surface area contributed by atoms with Crippen LogP contribution in [0.1, 0.15) is 24.3 Å². The highest BCUT2D eigenvalue weighted by Crippen LogP contribution is 2.32. The van der Waals surface area contributed by atoms with Crippen molar-refractivity contribution in [3.63, 3.8) is 0 Å². The highest BCUT2D eigenvalue weighted by atomic mass is 35.5. The van der Waals surface area contributed by atoms with E-state index in [1.165, 1.54) is 10.9 Å². The van der Waals surface area contributed by atoms with Crippen LogP contribution < -0.4 is 5.73 Å². The first-order valence-corrected chi connectivity index (χ1v) is 7.66. The van der Waals surface area contributed by atoms with Gasteiger partial charge in [-0.2, -0.15) is 0 Å². The number of nitrogens with one attached hydrogen (secondary N) is 1.